The van der Waals surface area contributed by atoms with Crippen molar-refractivity contribution in [2.45, 2.75) is 64.7 Å². The highest BCUT2D eigenvalue weighted by molar-refractivity contribution is 6.17. The van der Waals surface area contributed by atoms with Crippen molar-refractivity contribution >= 4 is 11.6 Å². The van der Waals surface area contributed by atoms with Gasteiger partial charge in [0.2, 0.25) is 0 Å². The summed E-state index contributed by atoms with van der Waals surface area (Å²) in [5, 5.41) is 0. The molecule has 0 fully saturated rings. The van der Waals surface area contributed by atoms with Crippen LogP contribution in [0.4, 0.5) is 0 Å². The lowest BCUT2D eigenvalue weighted by Gasteiger charge is -1.96. The van der Waals surface area contributed by atoms with E-state index in [1.807, 2.05) is 0 Å². The quantitative estimate of drug-likeness (QED) is 0.242. The van der Waals surface area contributed by atoms with Crippen LogP contribution in [-0.4, -0.2) is 5.88 Å². The highest BCUT2D eigenvalue weighted by Crippen LogP contribution is 2.06. The van der Waals surface area contributed by atoms with Crippen LogP contribution in [0.15, 0.2) is 24.3 Å². The standard InChI is InChI=1S/C15H27Cl/c1-2-3-4-5-6-7-8-9-10-11-12-13-14-15-16/h5-8H,2-4,9-15H2,1H3/b6-5-,8-7+. The average molecular weight is 243 g/mol. The predicted molar refractivity (Wildman–Crippen MR) is 76.2 cm³/mol. The van der Waals surface area contributed by atoms with E-state index in [2.05, 4.69) is 31.2 Å². The van der Waals surface area contributed by atoms with Gasteiger partial charge in [0.15, 0.2) is 0 Å². The second kappa shape index (κ2) is 14.8. The smallest absolute Gasteiger partial charge is 0.0223 e. The maximum atomic E-state index is 5.62. The highest BCUT2D eigenvalue weighted by Gasteiger charge is 1.87. The van der Waals surface area contributed by atoms with Gasteiger partial charge < -0.3 is 0 Å². The highest BCUT2D eigenvalue weighted by atomic mass is 35.5. The van der Waals surface area contributed by atoms with Crippen molar-refractivity contribution in [2.24, 2.45) is 0 Å². The minimum absolute atomic E-state index is 0.822. The summed E-state index contributed by atoms with van der Waals surface area (Å²) in [5.41, 5.74) is 0. The van der Waals surface area contributed by atoms with Gasteiger partial charge in [-0.15, -0.1) is 11.6 Å². The summed E-state index contributed by atoms with van der Waals surface area (Å²) < 4.78 is 0. The van der Waals surface area contributed by atoms with Crippen LogP contribution in [0.25, 0.3) is 0 Å². The van der Waals surface area contributed by atoms with Crippen LogP contribution in [0.2, 0.25) is 0 Å². The average Bonchev–Trinajstić information content (AvgIpc) is 2.31. The van der Waals surface area contributed by atoms with Crippen LogP contribution in [0.3, 0.4) is 0 Å². The van der Waals surface area contributed by atoms with Gasteiger partial charge in [-0.25, -0.2) is 0 Å². The van der Waals surface area contributed by atoms with Gasteiger partial charge in [0.05, 0.1) is 0 Å². The van der Waals surface area contributed by atoms with E-state index in [9.17, 15) is 0 Å². The molecule has 94 valence electrons. The number of unbranched alkanes of at least 4 members (excludes halogenated alkanes) is 7. The van der Waals surface area contributed by atoms with Crippen molar-refractivity contribution in [1.29, 1.82) is 0 Å². The van der Waals surface area contributed by atoms with E-state index in [-0.39, 0.29) is 0 Å². The minimum atomic E-state index is 0.822. The predicted octanol–water partition coefficient (Wildman–Crippen LogP) is 5.87. The Balaban J connectivity index is 3.12. The second-order valence-electron chi connectivity index (χ2n) is 4.24. The van der Waals surface area contributed by atoms with E-state index < -0.39 is 0 Å². The Bertz CT molecular complexity index is 170. The molecule has 0 aromatic heterocycles. The van der Waals surface area contributed by atoms with Crippen LogP contribution in [0.1, 0.15) is 64.7 Å². The molecular weight excluding hydrogens is 216 g/mol. The van der Waals surface area contributed by atoms with Crippen LogP contribution < -0.4 is 0 Å². The van der Waals surface area contributed by atoms with Crippen molar-refractivity contribution in [3.05, 3.63) is 24.3 Å². The van der Waals surface area contributed by atoms with Gasteiger partial charge in [0, 0.05) is 5.88 Å². The summed E-state index contributed by atoms with van der Waals surface area (Å²) in [6.45, 7) is 2.23. The number of rotatable bonds is 11. The SMILES string of the molecule is CCCC/C=C\C=C\CCCCCCCCl. The fourth-order valence-electron chi connectivity index (χ4n) is 1.56. The third kappa shape index (κ3) is 13.8. The van der Waals surface area contributed by atoms with Crippen LogP contribution in [0, 0.1) is 0 Å². The molecule has 0 bridgehead atoms. The molecule has 0 N–H and O–H groups in total. The van der Waals surface area contributed by atoms with Crippen LogP contribution in [-0.2, 0) is 0 Å². The fraction of sp³-hybridized carbons (Fsp3) is 0.733. The van der Waals surface area contributed by atoms with Crippen LogP contribution >= 0.6 is 11.6 Å². The van der Waals surface area contributed by atoms with E-state index in [1.165, 1.54) is 57.8 Å². The Morgan fingerprint density at radius 2 is 1.31 bits per heavy atom. The van der Waals surface area contributed by atoms with E-state index in [1.54, 1.807) is 0 Å². The molecule has 0 rings (SSSR count). The molecule has 16 heavy (non-hydrogen) atoms. The Hall–Kier alpha value is -0.230. The monoisotopic (exact) mass is 242 g/mol. The van der Waals surface area contributed by atoms with Gasteiger partial charge in [0.25, 0.3) is 0 Å². The molecule has 0 unspecified atom stereocenters. The zero-order valence-electron chi connectivity index (χ0n) is 10.8. The molecule has 0 aliphatic rings. The zero-order valence-corrected chi connectivity index (χ0v) is 11.5. The summed E-state index contributed by atoms with van der Waals surface area (Å²) in [7, 11) is 0. The third-order valence-electron chi connectivity index (χ3n) is 2.61. The number of hydrogen-bond donors (Lipinski definition) is 0. The first-order chi connectivity index (χ1) is 7.91. The molecule has 1 heteroatoms. The summed E-state index contributed by atoms with van der Waals surface area (Å²) >= 11 is 5.62. The first-order valence-electron chi connectivity index (χ1n) is 6.79. The molecule has 0 radical (unpaired) electrons. The molecule has 0 amide bonds. The topological polar surface area (TPSA) is 0 Å². The molecule has 0 saturated heterocycles. The summed E-state index contributed by atoms with van der Waals surface area (Å²) in [6, 6.07) is 0. The van der Waals surface area contributed by atoms with Gasteiger partial charge >= 0.3 is 0 Å². The first kappa shape index (κ1) is 15.8. The minimum Gasteiger partial charge on any atom is -0.127 e. The molecule has 0 atom stereocenters. The molecule has 0 spiro atoms. The lowest BCUT2D eigenvalue weighted by Crippen LogP contribution is -1.79. The molecule has 0 aliphatic heterocycles. The number of alkyl halides is 1. The van der Waals surface area contributed by atoms with Crippen molar-refractivity contribution in [2.75, 3.05) is 5.88 Å². The van der Waals surface area contributed by atoms with Gasteiger partial charge in [-0.05, 0) is 25.7 Å². The number of allylic oxidation sites excluding steroid dienone is 4. The summed E-state index contributed by atoms with van der Waals surface area (Å²) in [6.07, 6.45) is 20.4. The normalized spacial score (nSPS) is 11.9. The summed E-state index contributed by atoms with van der Waals surface area (Å²) in [5.74, 6) is 0.822. The van der Waals surface area contributed by atoms with Crippen molar-refractivity contribution in [3.8, 4) is 0 Å². The lowest BCUT2D eigenvalue weighted by atomic mass is 10.1. The Morgan fingerprint density at radius 3 is 1.94 bits per heavy atom. The fourth-order valence-corrected chi connectivity index (χ4v) is 1.75. The van der Waals surface area contributed by atoms with E-state index in [0.29, 0.717) is 0 Å². The first-order valence-corrected chi connectivity index (χ1v) is 7.33. The van der Waals surface area contributed by atoms with Gasteiger partial charge in [-0.1, -0.05) is 63.3 Å². The van der Waals surface area contributed by atoms with Crippen molar-refractivity contribution in [3.63, 3.8) is 0 Å². The maximum Gasteiger partial charge on any atom is 0.0223 e. The van der Waals surface area contributed by atoms with Gasteiger partial charge in [0.1, 0.15) is 0 Å². The molecule has 0 aromatic carbocycles. The largest absolute Gasteiger partial charge is 0.127 e. The summed E-state index contributed by atoms with van der Waals surface area (Å²) in [4.78, 5) is 0. The Labute approximate surface area is 107 Å². The maximum absolute atomic E-state index is 5.62. The molecular formula is C15H27Cl. The third-order valence-corrected chi connectivity index (χ3v) is 2.88. The van der Waals surface area contributed by atoms with E-state index in [4.69, 9.17) is 11.6 Å². The molecule has 0 aromatic rings. The Morgan fingerprint density at radius 1 is 0.750 bits per heavy atom. The molecule has 0 heterocycles. The van der Waals surface area contributed by atoms with E-state index in [0.717, 1.165) is 5.88 Å². The molecule has 0 aliphatic carbocycles. The van der Waals surface area contributed by atoms with Crippen LogP contribution in [0.5, 0.6) is 0 Å². The molecule has 0 nitrogen and oxygen atoms in total. The van der Waals surface area contributed by atoms with Gasteiger partial charge in [-0.3, -0.25) is 0 Å². The van der Waals surface area contributed by atoms with Gasteiger partial charge in [-0.2, -0.15) is 0 Å². The van der Waals surface area contributed by atoms with E-state index >= 15 is 0 Å². The van der Waals surface area contributed by atoms with Crippen molar-refractivity contribution < 1.29 is 0 Å². The lowest BCUT2D eigenvalue weighted by molar-refractivity contribution is 0.639. The molecule has 0 saturated carbocycles. The second-order valence-corrected chi connectivity index (χ2v) is 4.62. The van der Waals surface area contributed by atoms with Crippen molar-refractivity contribution in [1.82, 2.24) is 0 Å². The number of hydrogen-bond acceptors (Lipinski definition) is 0. The number of halogens is 1. The zero-order chi connectivity index (χ0) is 11.9. The Kier molecular flexibility index (Phi) is 14.6.